The summed E-state index contributed by atoms with van der Waals surface area (Å²) in [6.45, 7) is -2.11. The van der Waals surface area contributed by atoms with Gasteiger partial charge in [0.05, 0.1) is 43.6 Å². The van der Waals surface area contributed by atoms with E-state index in [4.69, 9.17) is 31.5 Å². The lowest BCUT2D eigenvalue weighted by atomic mass is 9.90. The van der Waals surface area contributed by atoms with E-state index in [1.807, 2.05) is 42.7 Å². The van der Waals surface area contributed by atoms with Crippen molar-refractivity contribution in [1.29, 1.82) is 0 Å². The highest BCUT2D eigenvalue weighted by atomic mass is 35.5. The third-order valence-electron chi connectivity index (χ3n) is 12.6. The summed E-state index contributed by atoms with van der Waals surface area (Å²) in [5.41, 5.74) is 8.75. The number of rotatable bonds is 24. The number of carboxylic acids is 1. The van der Waals surface area contributed by atoms with Crippen molar-refractivity contribution in [3.8, 4) is 28.5 Å². The molecule has 1 unspecified atom stereocenters. The Morgan fingerprint density at radius 2 is 1.59 bits per heavy atom. The highest BCUT2D eigenvalue weighted by Gasteiger charge is 2.35. The number of methoxy groups -OCH3 is 1. The lowest BCUT2D eigenvalue weighted by Gasteiger charge is -2.36. The van der Waals surface area contributed by atoms with Crippen LogP contribution < -0.4 is 20.5 Å². The van der Waals surface area contributed by atoms with E-state index in [-0.39, 0.29) is 60.9 Å². The number of hydrogen-bond donors (Lipinski definition) is 3. The first-order chi connectivity index (χ1) is 33.3. The zero-order chi connectivity index (χ0) is 51.2. The number of nitrogens with one attached hydrogen (secondary N) is 1. The predicted molar refractivity (Wildman–Crippen MR) is 259 cm³/mol. The molecule has 1 aliphatic carbocycles. The highest BCUT2D eigenvalue weighted by molar-refractivity contribution is 6.30. The number of carboxylic acid groups (broad SMARTS) is 1. The number of carbonyl (C=O) groups is 5. The summed E-state index contributed by atoms with van der Waals surface area (Å²) in [5.74, 6) is -2.84. The second-order valence-electron chi connectivity index (χ2n) is 17.9. The van der Waals surface area contributed by atoms with Crippen molar-refractivity contribution in [2.24, 2.45) is 12.8 Å². The number of hydrogen-bond acceptors (Lipinski definition) is 11. The Kier molecular flexibility index (Phi) is 20.1. The molecule has 70 heavy (non-hydrogen) atoms. The molecule has 3 aromatic carbocycles. The Morgan fingerprint density at radius 1 is 0.929 bits per heavy atom. The van der Waals surface area contributed by atoms with Crippen molar-refractivity contribution in [2.45, 2.75) is 108 Å². The molecule has 17 nitrogen and oxygen atoms in total. The number of amides is 4. The first kappa shape index (κ1) is 54.8. The maximum atomic E-state index is 14.5. The number of aromatic nitrogens is 2. The summed E-state index contributed by atoms with van der Waals surface area (Å²) in [6.07, 6.45) is 4.17. The SMILES string of the molecule is COC[C@H](NC(=O)[C@H](C)N(Cc1c(Oc2ccc(-c3cnc(CN(C)C)n3C)cc2)cccc1OC(F)F)C(=O)CCC(=O)N(C)[C@H]1CCCC[C@@H]1N)C(=O)N(C)C(CC(=O)O)Cc1ccc(Cl)cc1. The normalized spacial score (nSPS) is 16.0. The molecule has 1 heterocycles. The van der Waals surface area contributed by atoms with Crippen LogP contribution in [-0.2, 0) is 55.3 Å². The summed E-state index contributed by atoms with van der Waals surface area (Å²) < 4.78 is 46.8. The summed E-state index contributed by atoms with van der Waals surface area (Å²) in [6, 6.07) is 13.9. The quantitative estimate of drug-likeness (QED) is 0.0730. The second kappa shape index (κ2) is 25.6. The first-order valence-corrected chi connectivity index (χ1v) is 23.5. The van der Waals surface area contributed by atoms with E-state index >= 15 is 0 Å². The maximum Gasteiger partial charge on any atom is 0.387 e. The van der Waals surface area contributed by atoms with Crippen LogP contribution in [0, 0.1) is 0 Å². The molecule has 4 aromatic rings. The molecule has 1 aromatic heterocycles. The van der Waals surface area contributed by atoms with Gasteiger partial charge in [0, 0.05) is 69.8 Å². The van der Waals surface area contributed by atoms with Gasteiger partial charge in [0.1, 0.15) is 35.2 Å². The topological polar surface area (TPSA) is 202 Å². The second-order valence-corrected chi connectivity index (χ2v) is 18.3. The molecule has 20 heteroatoms. The highest BCUT2D eigenvalue weighted by Crippen LogP contribution is 2.36. The summed E-state index contributed by atoms with van der Waals surface area (Å²) in [4.78, 5) is 79.1. The zero-order valence-corrected chi connectivity index (χ0v) is 41.5. The van der Waals surface area contributed by atoms with Crippen molar-refractivity contribution in [1.82, 2.24) is 34.5 Å². The van der Waals surface area contributed by atoms with E-state index in [9.17, 15) is 37.9 Å². The molecule has 0 radical (unpaired) electrons. The molecule has 0 spiro atoms. The van der Waals surface area contributed by atoms with Crippen LogP contribution in [0.5, 0.6) is 17.2 Å². The maximum absolute atomic E-state index is 14.5. The molecule has 5 rings (SSSR count). The van der Waals surface area contributed by atoms with Gasteiger partial charge in [0.25, 0.3) is 0 Å². The lowest BCUT2D eigenvalue weighted by molar-refractivity contribution is -0.145. The van der Waals surface area contributed by atoms with E-state index in [1.165, 1.54) is 44.2 Å². The van der Waals surface area contributed by atoms with E-state index in [2.05, 4.69) is 10.3 Å². The Balaban J connectivity index is 1.45. The lowest BCUT2D eigenvalue weighted by Crippen LogP contribution is -2.57. The van der Waals surface area contributed by atoms with Crippen LogP contribution in [0.4, 0.5) is 8.78 Å². The minimum atomic E-state index is -3.28. The monoisotopic (exact) mass is 994 g/mol. The van der Waals surface area contributed by atoms with Crippen molar-refractivity contribution in [2.75, 3.05) is 41.9 Å². The van der Waals surface area contributed by atoms with Crippen LogP contribution in [0.3, 0.4) is 0 Å². The Morgan fingerprint density at radius 3 is 2.21 bits per heavy atom. The Labute approximate surface area is 412 Å². The molecule has 4 N–H and O–H groups in total. The van der Waals surface area contributed by atoms with Crippen LogP contribution >= 0.6 is 11.6 Å². The van der Waals surface area contributed by atoms with Gasteiger partial charge in [-0.3, -0.25) is 24.0 Å². The number of ether oxygens (including phenoxy) is 3. The molecular formula is C50H65ClF2N8O9. The Hall–Kier alpha value is -6.15. The number of aliphatic carboxylic acids is 1. The van der Waals surface area contributed by atoms with Crippen LogP contribution in [0.2, 0.25) is 5.02 Å². The van der Waals surface area contributed by atoms with Gasteiger partial charge in [-0.05, 0) is 94.4 Å². The minimum absolute atomic E-state index is 0.0144. The summed E-state index contributed by atoms with van der Waals surface area (Å²) in [5, 5.41) is 12.9. The molecule has 0 bridgehead atoms. The van der Waals surface area contributed by atoms with E-state index in [0.717, 1.165) is 41.2 Å². The van der Waals surface area contributed by atoms with Gasteiger partial charge in [0.15, 0.2) is 0 Å². The third-order valence-corrected chi connectivity index (χ3v) is 12.8. The van der Waals surface area contributed by atoms with Gasteiger partial charge in [-0.2, -0.15) is 8.78 Å². The molecule has 0 saturated heterocycles. The smallest absolute Gasteiger partial charge is 0.387 e. The van der Waals surface area contributed by atoms with Gasteiger partial charge in [0.2, 0.25) is 23.6 Å². The number of halogens is 3. The molecular weight excluding hydrogens is 930 g/mol. The average molecular weight is 996 g/mol. The number of alkyl halides is 2. The van der Waals surface area contributed by atoms with E-state index < -0.39 is 61.4 Å². The van der Waals surface area contributed by atoms with Crippen molar-refractivity contribution in [3.05, 3.63) is 94.9 Å². The van der Waals surface area contributed by atoms with Crippen molar-refractivity contribution >= 4 is 41.2 Å². The van der Waals surface area contributed by atoms with Crippen LogP contribution in [-0.4, -0.2) is 143 Å². The van der Waals surface area contributed by atoms with Crippen LogP contribution in [0.15, 0.2) is 72.9 Å². The van der Waals surface area contributed by atoms with E-state index in [0.29, 0.717) is 29.3 Å². The molecule has 5 atom stereocenters. The van der Waals surface area contributed by atoms with Gasteiger partial charge in [-0.1, -0.05) is 42.6 Å². The average Bonchev–Trinajstić information content (AvgIpc) is 3.67. The fourth-order valence-electron chi connectivity index (χ4n) is 8.56. The fraction of sp³-hybridized carbons (Fsp3) is 0.480. The summed E-state index contributed by atoms with van der Waals surface area (Å²) >= 11 is 6.06. The number of carbonyl (C=O) groups excluding carboxylic acids is 4. The van der Waals surface area contributed by atoms with E-state index in [1.54, 1.807) is 54.5 Å². The number of nitrogens with two attached hydrogens (primary N) is 1. The molecule has 0 aliphatic heterocycles. The fourth-order valence-corrected chi connectivity index (χ4v) is 8.69. The molecule has 1 saturated carbocycles. The summed E-state index contributed by atoms with van der Waals surface area (Å²) in [7, 11) is 10.2. The van der Waals surface area contributed by atoms with Gasteiger partial charge >= 0.3 is 12.6 Å². The van der Waals surface area contributed by atoms with Crippen molar-refractivity contribution < 1.29 is 52.1 Å². The van der Waals surface area contributed by atoms with Gasteiger partial charge < -0.3 is 54.5 Å². The first-order valence-electron chi connectivity index (χ1n) is 23.1. The number of imidazole rings is 1. The third kappa shape index (κ3) is 14.9. The van der Waals surface area contributed by atoms with Gasteiger partial charge in [-0.25, -0.2) is 4.98 Å². The standard InChI is InChI=1S/C50H65ClF2N8O9/c1-31(48(66)56-39(30-68-7)49(67)58(4)35(26-47(64)65)25-32-15-19-34(51)20-16-32)61(46(63)24-23-45(62)60(6)40-12-9-8-11-38(40)54)28-37-42(13-10-14-43(37)70-50(52)53)69-36-21-17-33(18-22-36)41-27-55-44(59(41)5)29-57(2)3/h10,13-22,27,31,35,38-40,50H,8-9,11-12,23-26,28-30,54H2,1-7H3,(H,56,66)(H,64,65)/t31-,35?,38-,39-,40-/m0/s1. The molecule has 1 aliphatic rings. The van der Waals surface area contributed by atoms with Crippen LogP contribution in [0.25, 0.3) is 11.3 Å². The number of nitrogens with zero attached hydrogens (tertiary/aromatic N) is 6. The predicted octanol–water partition coefficient (Wildman–Crippen LogP) is 6.10. The molecule has 4 amide bonds. The zero-order valence-electron chi connectivity index (χ0n) is 40.8. The largest absolute Gasteiger partial charge is 0.481 e. The number of likely N-dealkylation sites (N-methyl/N-ethyl adjacent to an activating group) is 2. The molecule has 380 valence electrons. The van der Waals surface area contributed by atoms with Crippen molar-refractivity contribution in [3.63, 3.8) is 0 Å². The Bertz CT molecular complexity index is 2410. The van der Waals surface area contributed by atoms with Gasteiger partial charge in [-0.15, -0.1) is 0 Å². The molecule has 1 fully saturated rings. The minimum Gasteiger partial charge on any atom is -0.481 e. The number of benzene rings is 3. The van der Waals surface area contributed by atoms with Crippen LogP contribution in [0.1, 0.15) is 68.8 Å².